The summed E-state index contributed by atoms with van der Waals surface area (Å²) in [7, 11) is 0. The molecule has 1 saturated heterocycles. The fourth-order valence-electron chi connectivity index (χ4n) is 4.37. The topological polar surface area (TPSA) is 56.6 Å². The fourth-order valence-corrected chi connectivity index (χ4v) is 4.37. The van der Waals surface area contributed by atoms with Gasteiger partial charge in [-0.1, -0.05) is 18.2 Å². The zero-order chi connectivity index (χ0) is 19.1. The van der Waals surface area contributed by atoms with Gasteiger partial charge in [0.05, 0.1) is 18.8 Å². The van der Waals surface area contributed by atoms with E-state index in [-0.39, 0.29) is 12.5 Å². The van der Waals surface area contributed by atoms with E-state index >= 15 is 0 Å². The van der Waals surface area contributed by atoms with Crippen molar-refractivity contribution in [2.75, 3.05) is 32.9 Å². The van der Waals surface area contributed by atoms with Gasteiger partial charge in [0.15, 0.2) is 0 Å². The molecule has 2 aromatic rings. The number of fused-ring (bicyclic) bond motifs is 3. The summed E-state index contributed by atoms with van der Waals surface area (Å²) in [6, 6.07) is 8.58. The first kappa shape index (κ1) is 17.5. The number of aryl methyl sites for hydroxylation is 1. The highest BCUT2D eigenvalue weighted by Gasteiger charge is 2.33. The molecule has 146 valence electrons. The molecule has 3 aliphatic rings. The molecule has 1 saturated carbocycles. The zero-order valence-corrected chi connectivity index (χ0v) is 16.1. The third-order valence-corrected chi connectivity index (χ3v) is 6.13. The number of amides is 1. The molecule has 2 heterocycles. The maximum absolute atomic E-state index is 11.8. The van der Waals surface area contributed by atoms with Crippen LogP contribution in [0.4, 0.5) is 0 Å². The van der Waals surface area contributed by atoms with Crippen molar-refractivity contribution in [1.29, 1.82) is 0 Å². The van der Waals surface area contributed by atoms with E-state index in [0.717, 1.165) is 17.3 Å². The number of hydrogen-bond acceptors (Lipinski definition) is 4. The fraction of sp³-hybridized carbons (Fsp3) is 0.455. The third kappa shape index (κ3) is 3.11. The number of carbonyl (C=O) groups excluding carboxylic acids is 1. The van der Waals surface area contributed by atoms with Crippen LogP contribution in [0.2, 0.25) is 0 Å². The highest BCUT2D eigenvalue weighted by Crippen LogP contribution is 2.48. The molecular weight excluding hydrogens is 354 g/mol. The monoisotopic (exact) mass is 379 g/mol. The van der Waals surface area contributed by atoms with Gasteiger partial charge in [0.25, 0.3) is 0 Å². The Labute approximate surface area is 164 Å². The van der Waals surface area contributed by atoms with Gasteiger partial charge >= 0.3 is 0 Å². The van der Waals surface area contributed by atoms with Crippen molar-refractivity contribution in [1.82, 2.24) is 14.7 Å². The lowest BCUT2D eigenvalue weighted by molar-refractivity contribution is -0.143. The van der Waals surface area contributed by atoms with Gasteiger partial charge in [-0.05, 0) is 54.9 Å². The lowest BCUT2D eigenvalue weighted by Gasteiger charge is -2.38. The van der Waals surface area contributed by atoms with Crippen molar-refractivity contribution in [3.05, 3.63) is 47.2 Å². The van der Waals surface area contributed by atoms with Crippen molar-refractivity contribution in [2.24, 2.45) is 5.92 Å². The van der Waals surface area contributed by atoms with Gasteiger partial charge < -0.3 is 14.4 Å². The van der Waals surface area contributed by atoms with Crippen molar-refractivity contribution < 1.29 is 14.3 Å². The van der Waals surface area contributed by atoms with Crippen LogP contribution in [0.1, 0.15) is 35.6 Å². The number of aromatic nitrogens is 2. The van der Waals surface area contributed by atoms with E-state index < -0.39 is 0 Å². The van der Waals surface area contributed by atoms with Crippen LogP contribution in [-0.2, 0) is 9.53 Å². The normalized spacial score (nSPS) is 23.2. The molecular formula is C22H25N3O3. The molecule has 28 heavy (non-hydrogen) atoms. The quantitative estimate of drug-likeness (QED) is 0.802. The second-order valence-corrected chi connectivity index (χ2v) is 7.84. The largest absolute Gasteiger partial charge is 0.475 e. The SMILES string of the molecule is Cc1cc(OCCN2CCOCC2=O)nn1-c1ccc2c(c1)C=CC1CC[C@@H]21. The average Bonchev–Trinajstić information content (AvgIpc) is 3.04. The van der Waals surface area contributed by atoms with Gasteiger partial charge in [0.2, 0.25) is 11.8 Å². The molecule has 0 radical (unpaired) electrons. The highest BCUT2D eigenvalue weighted by atomic mass is 16.5. The Morgan fingerprint density at radius 3 is 3.04 bits per heavy atom. The second kappa shape index (κ2) is 7.09. The molecule has 1 amide bonds. The van der Waals surface area contributed by atoms with Gasteiger partial charge in [-0.3, -0.25) is 4.79 Å². The number of hydrogen-bond donors (Lipinski definition) is 0. The van der Waals surface area contributed by atoms with Crippen LogP contribution in [0.25, 0.3) is 11.8 Å². The van der Waals surface area contributed by atoms with Gasteiger partial charge in [-0.2, -0.15) is 0 Å². The Bertz CT molecular complexity index is 933. The molecule has 1 unspecified atom stereocenters. The van der Waals surface area contributed by atoms with Crippen molar-refractivity contribution in [3.63, 3.8) is 0 Å². The average molecular weight is 379 g/mol. The van der Waals surface area contributed by atoms with Gasteiger partial charge in [0.1, 0.15) is 13.2 Å². The molecule has 6 heteroatoms. The molecule has 0 bridgehead atoms. The summed E-state index contributed by atoms with van der Waals surface area (Å²) in [5, 5.41) is 4.62. The minimum atomic E-state index is 0.0207. The highest BCUT2D eigenvalue weighted by molar-refractivity contribution is 5.77. The number of rotatable bonds is 5. The molecule has 0 spiro atoms. The number of ether oxygens (including phenoxy) is 2. The maximum Gasteiger partial charge on any atom is 0.248 e. The summed E-state index contributed by atoms with van der Waals surface area (Å²) in [5.41, 5.74) is 4.86. The summed E-state index contributed by atoms with van der Waals surface area (Å²) >= 11 is 0. The third-order valence-electron chi connectivity index (χ3n) is 6.13. The first-order chi connectivity index (χ1) is 13.7. The summed E-state index contributed by atoms with van der Waals surface area (Å²) < 4.78 is 12.9. The minimum absolute atomic E-state index is 0.0207. The van der Waals surface area contributed by atoms with Crippen LogP contribution in [0.3, 0.4) is 0 Å². The molecule has 5 rings (SSSR count). The Kier molecular flexibility index (Phi) is 4.43. The van der Waals surface area contributed by atoms with Crippen molar-refractivity contribution in [3.8, 4) is 11.6 Å². The van der Waals surface area contributed by atoms with E-state index in [1.807, 2.05) is 17.7 Å². The second-order valence-electron chi connectivity index (χ2n) is 7.84. The van der Waals surface area contributed by atoms with E-state index in [9.17, 15) is 4.79 Å². The lowest BCUT2D eigenvalue weighted by Crippen LogP contribution is -2.43. The molecule has 0 N–H and O–H groups in total. The molecule has 2 aliphatic carbocycles. The van der Waals surface area contributed by atoms with Crippen LogP contribution in [-0.4, -0.2) is 53.5 Å². The molecule has 6 nitrogen and oxygen atoms in total. The predicted octanol–water partition coefficient (Wildman–Crippen LogP) is 2.94. The van der Waals surface area contributed by atoms with Crippen molar-refractivity contribution >= 4 is 12.0 Å². The Balaban J connectivity index is 1.28. The molecule has 1 aromatic heterocycles. The van der Waals surface area contributed by atoms with Crippen LogP contribution >= 0.6 is 0 Å². The summed E-state index contributed by atoms with van der Waals surface area (Å²) in [6.07, 6.45) is 7.23. The minimum Gasteiger partial charge on any atom is -0.475 e. The summed E-state index contributed by atoms with van der Waals surface area (Å²) in [5.74, 6) is 2.05. The maximum atomic E-state index is 11.8. The number of benzene rings is 1. The number of morpholine rings is 1. The Morgan fingerprint density at radius 1 is 1.29 bits per heavy atom. The molecule has 1 aromatic carbocycles. The van der Waals surface area contributed by atoms with Crippen LogP contribution in [0.5, 0.6) is 5.88 Å². The molecule has 2 fully saturated rings. The van der Waals surface area contributed by atoms with E-state index in [1.54, 1.807) is 4.90 Å². The first-order valence-electron chi connectivity index (χ1n) is 10.1. The Hall–Kier alpha value is -2.60. The van der Waals surface area contributed by atoms with Gasteiger partial charge in [-0.25, -0.2) is 4.68 Å². The number of carbonyl (C=O) groups is 1. The smallest absolute Gasteiger partial charge is 0.248 e. The van der Waals surface area contributed by atoms with Gasteiger partial charge in [-0.15, -0.1) is 5.10 Å². The van der Waals surface area contributed by atoms with E-state index in [0.29, 0.717) is 38.1 Å². The van der Waals surface area contributed by atoms with Crippen LogP contribution in [0, 0.1) is 12.8 Å². The Morgan fingerprint density at radius 2 is 2.21 bits per heavy atom. The van der Waals surface area contributed by atoms with Crippen LogP contribution in [0.15, 0.2) is 30.3 Å². The predicted molar refractivity (Wildman–Crippen MR) is 106 cm³/mol. The lowest BCUT2D eigenvalue weighted by atomic mass is 9.66. The summed E-state index contributed by atoms with van der Waals surface area (Å²) in [6.45, 7) is 4.40. The molecule has 2 atom stereocenters. The van der Waals surface area contributed by atoms with E-state index in [1.165, 1.54) is 24.0 Å². The van der Waals surface area contributed by atoms with Crippen molar-refractivity contribution in [2.45, 2.75) is 25.7 Å². The van der Waals surface area contributed by atoms with Gasteiger partial charge in [0, 0.05) is 18.3 Å². The standard InChI is InChI=1S/C22H25N3O3/c1-15-12-21(28-11-9-24-8-10-27-14-22(24)26)23-25(15)18-5-7-20-17(13-18)3-2-16-4-6-19(16)20/h2-3,5,7,12-13,16,19H,4,6,8-11,14H2,1H3/t16?,19-/m1/s1. The number of allylic oxidation sites excluding steroid dienone is 1. The first-order valence-corrected chi connectivity index (χ1v) is 10.1. The molecule has 1 aliphatic heterocycles. The van der Waals surface area contributed by atoms with E-state index in [4.69, 9.17) is 9.47 Å². The van der Waals surface area contributed by atoms with E-state index in [2.05, 4.69) is 35.4 Å². The summed E-state index contributed by atoms with van der Waals surface area (Å²) in [4.78, 5) is 13.5. The van der Waals surface area contributed by atoms with Crippen LogP contribution < -0.4 is 4.74 Å². The zero-order valence-electron chi connectivity index (χ0n) is 16.1. The number of nitrogens with zero attached hydrogens (tertiary/aromatic N) is 3.